The van der Waals surface area contributed by atoms with E-state index in [1.807, 2.05) is 13.0 Å². The number of nitrogens with zero attached hydrogens (tertiary/aromatic N) is 1. The fourth-order valence-corrected chi connectivity index (χ4v) is 2.24. The molecule has 0 aromatic heterocycles. The van der Waals surface area contributed by atoms with Crippen molar-refractivity contribution in [2.75, 3.05) is 19.7 Å². The minimum atomic E-state index is -0.147. The van der Waals surface area contributed by atoms with E-state index in [4.69, 9.17) is 4.74 Å². The average Bonchev–Trinajstić information content (AvgIpc) is 2.33. The normalized spacial score (nSPS) is 14.5. The minimum absolute atomic E-state index is 0.147. The van der Waals surface area contributed by atoms with Gasteiger partial charge in [-0.15, -0.1) is 0 Å². The molecule has 0 fully saturated rings. The maximum absolute atomic E-state index is 11.5. The first-order chi connectivity index (χ1) is 8.22. The van der Waals surface area contributed by atoms with E-state index < -0.39 is 0 Å². The van der Waals surface area contributed by atoms with Crippen molar-refractivity contribution in [2.24, 2.45) is 0 Å². The Labute approximate surface area is 102 Å². The summed E-state index contributed by atoms with van der Waals surface area (Å²) < 4.78 is 7.08. The summed E-state index contributed by atoms with van der Waals surface area (Å²) in [6.07, 6.45) is 0.993. The van der Waals surface area contributed by atoms with Gasteiger partial charge in [-0.2, -0.15) is 0 Å². The summed E-state index contributed by atoms with van der Waals surface area (Å²) in [5.74, 6) is -0.147. The third-order valence-corrected chi connectivity index (χ3v) is 3.16. The zero-order valence-electron chi connectivity index (χ0n) is 10.4. The van der Waals surface area contributed by atoms with Crippen LogP contribution in [-0.4, -0.2) is 36.0 Å². The van der Waals surface area contributed by atoms with Crippen molar-refractivity contribution in [3.8, 4) is 0 Å². The van der Waals surface area contributed by atoms with E-state index in [2.05, 4.69) is 29.7 Å². The summed E-state index contributed by atoms with van der Waals surface area (Å²) in [4.78, 5) is 11.5. The lowest BCUT2D eigenvalue weighted by molar-refractivity contribution is -0.519. The lowest BCUT2D eigenvalue weighted by atomic mass is 9.98. The van der Waals surface area contributed by atoms with E-state index in [9.17, 15) is 4.79 Å². The molecular weight excluding hydrogens is 214 g/mol. The second-order valence-electron chi connectivity index (χ2n) is 4.22. The molecule has 3 heteroatoms. The number of fused-ring (bicyclic) bond motifs is 1. The van der Waals surface area contributed by atoms with Gasteiger partial charge in [0.1, 0.15) is 6.54 Å². The van der Waals surface area contributed by atoms with Gasteiger partial charge in [0.05, 0.1) is 6.61 Å². The average molecular weight is 232 g/mol. The Morgan fingerprint density at radius 1 is 1.41 bits per heavy atom. The molecule has 0 atom stereocenters. The smallest absolute Gasteiger partial charge is 0.372 e. The van der Waals surface area contributed by atoms with Crippen molar-refractivity contribution in [3.63, 3.8) is 0 Å². The molecule has 1 heterocycles. The Hall–Kier alpha value is -1.64. The molecule has 0 unspecified atom stereocenters. The molecule has 0 radical (unpaired) electrons. The molecular formula is C14H18NO2+. The van der Waals surface area contributed by atoms with Crippen LogP contribution in [0.15, 0.2) is 24.3 Å². The molecule has 17 heavy (non-hydrogen) atoms. The zero-order valence-corrected chi connectivity index (χ0v) is 10.4. The first kappa shape index (κ1) is 11.8. The van der Waals surface area contributed by atoms with Gasteiger partial charge >= 0.3 is 5.97 Å². The minimum Gasteiger partial charge on any atom is -0.461 e. The molecule has 3 nitrogen and oxygen atoms in total. The molecule has 0 saturated carbocycles. The van der Waals surface area contributed by atoms with Crippen LogP contribution < -0.4 is 0 Å². The summed E-state index contributed by atoms with van der Waals surface area (Å²) >= 11 is 0. The van der Waals surface area contributed by atoms with E-state index in [0.717, 1.165) is 13.0 Å². The number of ether oxygens (including phenoxy) is 1. The van der Waals surface area contributed by atoms with Crippen LogP contribution in [0.1, 0.15) is 25.0 Å². The van der Waals surface area contributed by atoms with Gasteiger partial charge in [0.2, 0.25) is 6.54 Å². The second kappa shape index (κ2) is 5.13. The van der Waals surface area contributed by atoms with Gasteiger partial charge in [-0.1, -0.05) is 18.2 Å². The number of esters is 1. The van der Waals surface area contributed by atoms with Crippen LogP contribution in [0.2, 0.25) is 0 Å². The van der Waals surface area contributed by atoms with Crippen molar-refractivity contribution in [3.05, 3.63) is 35.4 Å². The predicted octanol–water partition coefficient (Wildman–Crippen LogP) is 1.63. The largest absolute Gasteiger partial charge is 0.461 e. The van der Waals surface area contributed by atoms with Crippen molar-refractivity contribution >= 4 is 11.7 Å². The Morgan fingerprint density at radius 3 is 2.94 bits per heavy atom. The van der Waals surface area contributed by atoms with Gasteiger partial charge in [0.15, 0.2) is 5.71 Å². The van der Waals surface area contributed by atoms with Gasteiger partial charge < -0.3 is 4.74 Å². The molecule has 0 saturated heterocycles. The first-order valence-corrected chi connectivity index (χ1v) is 6.04. The third-order valence-electron chi connectivity index (χ3n) is 3.16. The summed E-state index contributed by atoms with van der Waals surface area (Å²) in [5, 5.41) is 0. The van der Waals surface area contributed by atoms with Crippen LogP contribution in [0.25, 0.3) is 0 Å². The number of carbonyl (C=O) groups excluding carboxylic acids is 1. The standard InChI is InChI=1S/C14H18NO2/c1-3-17-14(16)10-15-9-8-12-6-4-5-7-13(12)11(15)2/h4-7H,3,8-10H2,1-2H3/q+1. The lowest BCUT2D eigenvalue weighted by Gasteiger charge is -2.15. The van der Waals surface area contributed by atoms with E-state index in [0.29, 0.717) is 13.2 Å². The molecule has 0 amide bonds. The lowest BCUT2D eigenvalue weighted by Crippen LogP contribution is -2.33. The third kappa shape index (κ3) is 2.54. The fraction of sp³-hybridized carbons (Fsp3) is 0.429. The van der Waals surface area contributed by atoms with Gasteiger partial charge in [-0.25, -0.2) is 9.37 Å². The van der Waals surface area contributed by atoms with Crippen molar-refractivity contribution in [2.45, 2.75) is 20.3 Å². The molecule has 1 aromatic carbocycles. The Balaban J connectivity index is 2.22. The molecule has 90 valence electrons. The van der Waals surface area contributed by atoms with Crippen LogP contribution in [0.5, 0.6) is 0 Å². The molecule has 1 aliphatic heterocycles. The van der Waals surface area contributed by atoms with E-state index in [1.54, 1.807) is 0 Å². The van der Waals surface area contributed by atoms with Gasteiger partial charge in [-0.3, -0.25) is 0 Å². The summed E-state index contributed by atoms with van der Waals surface area (Å²) in [6, 6.07) is 8.37. The quantitative estimate of drug-likeness (QED) is 0.585. The SMILES string of the molecule is CCOC(=O)C[N+]1=C(C)c2ccccc2CC1. The Bertz CT molecular complexity index is 463. The summed E-state index contributed by atoms with van der Waals surface area (Å²) in [6.45, 7) is 5.59. The molecule has 1 aliphatic rings. The number of carbonyl (C=O) groups is 1. The molecule has 0 aliphatic carbocycles. The number of benzene rings is 1. The highest BCUT2D eigenvalue weighted by Crippen LogP contribution is 2.15. The molecule has 0 spiro atoms. The molecule has 1 aromatic rings. The fourth-order valence-electron chi connectivity index (χ4n) is 2.24. The van der Waals surface area contributed by atoms with Gasteiger partial charge in [0, 0.05) is 18.9 Å². The first-order valence-electron chi connectivity index (χ1n) is 6.04. The predicted molar refractivity (Wildman–Crippen MR) is 66.6 cm³/mol. The number of hydrogen-bond donors (Lipinski definition) is 0. The van der Waals surface area contributed by atoms with Crippen molar-refractivity contribution in [1.82, 2.24) is 0 Å². The van der Waals surface area contributed by atoms with Crippen LogP contribution in [0.4, 0.5) is 0 Å². The molecule has 0 N–H and O–H groups in total. The van der Waals surface area contributed by atoms with Crippen LogP contribution in [0, 0.1) is 0 Å². The van der Waals surface area contributed by atoms with Crippen molar-refractivity contribution in [1.29, 1.82) is 0 Å². The zero-order chi connectivity index (χ0) is 12.3. The van der Waals surface area contributed by atoms with E-state index in [-0.39, 0.29) is 5.97 Å². The van der Waals surface area contributed by atoms with Crippen LogP contribution in [-0.2, 0) is 16.0 Å². The van der Waals surface area contributed by atoms with E-state index >= 15 is 0 Å². The topological polar surface area (TPSA) is 29.3 Å². The highest BCUT2D eigenvalue weighted by atomic mass is 16.5. The number of rotatable bonds is 3. The maximum Gasteiger partial charge on any atom is 0.372 e. The summed E-state index contributed by atoms with van der Waals surface area (Å²) in [7, 11) is 0. The van der Waals surface area contributed by atoms with Gasteiger partial charge in [-0.05, 0) is 18.6 Å². The molecule has 2 rings (SSSR count). The monoisotopic (exact) mass is 232 g/mol. The second-order valence-corrected chi connectivity index (χ2v) is 4.22. The summed E-state index contributed by atoms with van der Waals surface area (Å²) in [5.41, 5.74) is 3.79. The van der Waals surface area contributed by atoms with Crippen LogP contribution >= 0.6 is 0 Å². The Kier molecular flexibility index (Phi) is 3.57. The van der Waals surface area contributed by atoms with E-state index in [1.165, 1.54) is 16.8 Å². The van der Waals surface area contributed by atoms with Crippen molar-refractivity contribution < 1.29 is 14.1 Å². The van der Waals surface area contributed by atoms with Crippen LogP contribution in [0.3, 0.4) is 0 Å². The Morgan fingerprint density at radius 2 is 2.18 bits per heavy atom. The highest BCUT2D eigenvalue weighted by Gasteiger charge is 2.23. The highest BCUT2D eigenvalue weighted by molar-refractivity contribution is 5.97. The van der Waals surface area contributed by atoms with Gasteiger partial charge in [0.25, 0.3) is 0 Å². The molecule has 0 bridgehead atoms. The number of hydrogen-bond acceptors (Lipinski definition) is 2. The maximum atomic E-state index is 11.5.